The highest BCUT2D eigenvalue weighted by atomic mass is 35.5. The number of amides is 1. The molecular formula is C17H23Cl2N7O. The van der Waals surface area contributed by atoms with Crippen LogP contribution < -0.4 is 10.6 Å². The van der Waals surface area contributed by atoms with Gasteiger partial charge in [0.1, 0.15) is 11.5 Å². The number of nitrogens with one attached hydrogen (secondary N) is 2. The number of hydrogen-bond donors (Lipinski definition) is 2. The van der Waals surface area contributed by atoms with Crippen molar-refractivity contribution in [1.29, 1.82) is 0 Å². The Morgan fingerprint density at radius 2 is 2.15 bits per heavy atom. The van der Waals surface area contributed by atoms with Gasteiger partial charge in [-0.15, -0.1) is 24.8 Å². The third-order valence-corrected chi connectivity index (χ3v) is 4.47. The van der Waals surface area contributed by atoms with E-state index in [1.165, 1.54) is 0 Å². The summed E-state index contributed by atoms with van der Waals surface area (Å²) in [6, 6.07) is 1.68. The second-order valence-electron chi connectivity index (χ2n) is 6.16. The molecule has 0 saturated carbocycles. The number of halogens is 2. The number of carbonyl (C=O) groups excluding carboxylic acids is 1. The summed E-state index contributed by atoms with van der Waals surface area (Å²) in [5.41, 5.74) is 1.27. The minimum Gasteiger partial charge on any atom is -0.342 e. The fourth-order valence-corrected chi connectivity index (χ4v) is 3.12. The predicted molar refractivity (Wildman–Crippen MR) is 107 cm³/mol. The highest BCUT2D eigenvalue weighted by molar-refractivity contribution is 5.92. The van der Waals surface area contributed by atoms with Crippen molar-refractivity contribution in [2.75, 3.05) is 13.1 Å². The van der Waals surface area contributed by atoms with E-state index in [9.17, 15) is 4.79 Å². The summed E-state index contributed by atoms with van der Waals surface area (Å²) in [7, 11) is 0. The summed E-state index contributed by atoms with van der Waals surface area (Å²) >= 11 is 0. The molecule has 8 nitrogen and oxygen atoms in total. The largest absolute Gasteiger partial charge is 0.342 e. The first-order valence-corrected chi connectivity index (χ1v) is 8.62. The Labute approximate surface area is 169 Å². The van der Waals surface area contributed by atoms with Crippen LogP contribution in [0.3, 0.4) is 0 Å². The van der Waals surface area contributed by atoms with Crippen LogP contribution in [0.5, 0.6) is 0 Å². The number of fused-ring (bicyclic) bond motifs is 2. The van der Waals surface area contributed by atoms with E-state index in [1.807, 2.05) is 36.0 Å². The van der Waals surface area contributed by atoms with Crippen molar-refractivity contribution in [1.82, 2.24) is 34.6 Å². The molecule has 0 spiro atoms. The quantitative estimate of drug-likeness (QED) is 0.682. The molecule has 1 unspecified atom stereocenters. The van der Waals surface area contributed by atoms with E-state index in [1.54, 1.807) is 6.20 Å². The number of imidazole rings is 2. The highest BCUT2D eigenvalue weighted by Gasteiger charge is 2.20. The maximum Gasteiger partial charge on any atom is 0.272 e. The van der Waals surface area contributed by atoms with Crippen LogP contribution in [0.25, 0.3) is 5.78 Å². The SMILES string of the molecule is CCC(NC(=O)c1cn2c(n1)CCNCC2)c1cn2cccnc2n1.Cl.Cl. The van der Waals surface area contributed by atoms with Gasteiger partial charge in [0.2, 0.25) is 5.78 Å². The first kappa shape index (κ1) is 21.1. The smallest absolute Gasteiger partial charge is 0.272 e. The lowest BCUT2D eigenvalue weighted by Crippen LogP contribution is -2.28. The Morgan fingerprint density at radius 3 is 2.93 bits per heavy atom. The fourth-order valence-electron chi connectivity index (χ4n) is 3.12. The summed E-state index contributed by atoms with van der Waals surface area (Å²) in [6.07, 6.45) is 8.93. The van der Waals surface area contributed by atoms with Crippen LogP contribution in [-0.2, 0) is 13.0 Å². The second-order valence-corrected chi connectivity index (χ2v) is 6.16. The summed E-state index contributed by atoms with van der Waals surface area (Å²) in [5, 5.41) is 6.38. The monoisotopic (exact) mass is 411 g/mol. The molecule has 0 aromatic carbocycles. The molecule has 1 amide bonds. The molecule has 3 aromatic rings. The molecule has 1 aliphatic rings. The fraction of sp³-hybridized carbons (Fsp3) is 0.412. The maximum atomic E-state index is 12.7. The van der Waals surface area contributed by atoms with Crippen LogP contribution in [0.1, 0.15) is 41.4 Å². The number of carbonyl (C=O) groups is 1. The summed E-state index contributed by atoms with van der Waals surface area (Å²) in [6.45, 7) is 4.65. The first-order chi connectivity index (χ1) is 12.2. The molecule has 1 atom stereocenters. The zero-order chi connectivity index (χ0) is 17.2. The summed E-state index contributed by atoms with van der Waals surface area (Å²) in [4.78, 5) is 25.9. The second kappa shape index (κ2) is 9.16. The molecule has 2 N–H and O–H groups in total. The molecule has 0 saturated heterocycles. The predicted octanol–water partition coefficient (Wildman–Crippen LogP) is 1.80. The lowest BCUT2D eigenvalue weighted by Gasteiger charge is -2.13. The zero-order valence-corrected chi connectivity index (χ0v) is 16.6. The van der Waals surface area contributed by atoms with Crippen molar-refractivity contribution in [3.63, 3.8) is 0 Å². The highest BCUT2D eigenvalue weighted by Crippen LogP contribution is 2.17. The minimum absolute atomic E-state index is 0. The van der Waals surface area contributed by atoms with Crippen molar-refractivity contribution in [3.05, 3.63) is 48.1 Å². The van der Waals surface area contributed by atoms with Crippen molar-refractivity contribution >= 4 is 36.5 Å². The Kier molecular flexibility index (Phi) is 7.18. The average molecular weight is 412 g/mol. The molecule has 1 aliphatic heterocycles. The van der Waals surface area contributed by atoms with Crippen molar-refractivity contribution in [2.45, 2.75) is 32.4 Å². The van der Waals surface area contributed by atoms with Gasteiger partial charge in [-0.2, -0.15) is 0 Å². The molecule has 4 rings (SSSR count). The molecule has 0 radical (unpaired) electrons. The molecular weight excluding hydrogens is 389 g/mol. The Hall–Kier alpha value is -2.16. The van der Waals surface area contributed by atoms with E-state index >= 15 is 0 Å². The number of aromatic nitrogens is 5. The van der Waals surface area contributed by atoms with Gasteiger partial charge in [0.05, 0.1) is 11.7 Å². The Balaban J connectivity index is 0.00000131. The number of nitrogens with zero attached hydrogens (tertiary/aromatic N) is 5. The number of hydrogen-bond acceptors (Lipinski definition) is 5. The molecule has 10 heteroatoms. The van der Waals surface area contributed by atoms with Gasteiger partial charge in [-0.3, -0.25) is 9.20 Å². The molecule has 0 fully saturated rings. The van der Waals surface area contributed by atoms with Gasteiger partial charge in [-0.05, 0) is 12.5 Å². The van der Waals surface area contributed by atoms with Crippen LogP contribution in [0, 0.1) is 0 Å². The molecule has 0 aliphatic carbocycles. The van der Waals surface area contributed by atoms with Gasteiger partial charge in [-0.25, -0.2) is 15.0 Å². The van der Waals surface area contributed by atoms with Gasteiger partial charge < -0.3 is 15.2 Å². The van der Waals surface area contributed by atoms with E-state index in [-0.39, 0.29) is 36.8 Å². The lowest BCUT2D eigenvalue weighted by atomic mass is 10.1. The Bertz CT molecular complexity index is 851. The van der Waals surface area contributed by atoms with Gasteiger partial charge in [-0.1, -0.05) is 6.92 Å². The van der Waals surface area contributed by atoms with Crippen molar-refractivity contribution < 1.29 is 4.79 Å². The van der Waals surface area contributed by atoms with Gasteiger partial charge in [0, 0.05) is 50.8 Å². The van der Waals surface area contributed by atoms with Crippen LogP contribution in [0.15, 0.2) is 30.9 Å². The van der Waals surface area contributed by atoms with Crippen LogP contribution in [0.4, 0.5) is 0 Å². The standard InChI is InChI=1S/C17H21N7O.2ClH/c1-2-12(13-10-24-8-3-5-19-17(24)22-13)21-16(25)14-11-23-9-7-18-6-4-15(23)20-14;;/h3,5,8,10-12,18H,2,4,6-7,9H2,1H3,(H,21,25);2*1H. The maximum absolute atomic E-state index is 12.7. The lowest BCUT2D eigenvalue weighted by molar-refractivity contribution is 0.0930. The van der Waals surface area contributed by atoms with Crippen LogP contribution in [0.2, 0.25) is 0 Å². The zero-order valence-electron chi connectivity index (χ0n) is 15.0. The average Bonchev–Trinajstić information content (AvgIpc) is 3.18. The molecule has 146 valence electrons. The third-order valence-electron chi connectivity index (χ3n) is 4.47. The molecule has 27 heavy (non-hydrogen) atoms. The Morgan fingerprint density at radius 1 is 1.30 bits per heavy atom. The van der Waals surface area contributed by atoms with Gasteiger partial charge in [0.25, 0.3) is 5.91 Å². The first-order valence-electron chi connectivity index (χ1n) is 8.62. The minimum atomic E-state index is -0.169. The topological polar surface area (TPSA) is 89.1 Å². The third kappa shape index (κ3) is 4.40. The molecule has 3 aromatic heterocycles. The molecule has 0 bridgehead atoms. The van der Waals surface area contributed by atoms with E-state index in [2.05, 4.69) is 30.2 Å². The summed E-state index contributed by atoms with van der Waals surface area (Å²) in [5.74, 6) is 1.43. The summed E-state index contributed by atoms with van der Waals surface area (Å²) < 4.78 is 3.92. The molecule has 4 heterocycles. The normalized spacial score (nSPS) is 14.4. The van der Waals surface area contributed by atoms with Crippen LogP contribution >= 0.6 is 24.8 Å². The van der Waals surface area contributed by atoms with E-state index in [0.29, 0.717) is 11.5 Å². The number of rotatable bonds is 4. The van der Waals surface area contributed by atoms with Crippen molar-refractivity contribution in [3.8, 4) is 0 Å². The van der Waals surface area contributed by atoms with Crippen molar-refractivity contribution in [2.24, 2.45) is 0 Å². The van der Waals surface area contributed by atoms with Gasteiger partial charge in [0.15, 0.2) is 0 Å². The van der Waals surface area contributed by atoms with E-state index < -0.39 is 0 Å². The van der Waals surface area contributed by atoms with Gasteiger partial charge >= 0.3 is 0 Å². The van der Waals surface area contributed by atoms with E-state index in [0.717, 1.165) is 44.0 Å². The van der Waals surface area contributed by atoms with E-state index in [4.69, 9.17) is 0 Å². The van der Waals surface area contributed by atoms with Crippen LogP contribution in [-0.4, -0.2) is 42.9 Å².